The Morgan fingerprint density at radius 2 is 2.05 bits per heavy atom. The number of hydrogen-bond acceptors (Lipinski definition) is 4. The molecule has 1 aromatic carbocycles. The molecule has 0 saturated carbocycles. The van der Waals surface area contributed by atoms with Crippen LogP contribution in [0.25, 0.3) is 10.2 Å². The second-order valence-electron chi connectivity index (χ2n) is 5.40. The van der Waals surface area contributed by atoms with E-state index in [1.54, 1.807) is 16.2 Å². The van der Waals surface area contributed by atoms with E-state index >= 15 is 0 Å². The van der Waals surface area contributed by atoms with Gasteiger partial charge in [0.05, 0.1) is 16.8 Å². The molecular formula is C15H18N4O2S. The monoisotopic (exact) mass is 318 g/mol. The number of benzene rings is 1. The van der Waals surface area contributed by atoms with Crippen molar-refractivity contribution < 1.29 is 9.59 Å². The van der Waals surface area contributed by atoms with Gasteiger partial charge in [-0.1, -0.05) is 12.1 Å². The van der Waals surface area contributed by atoms with E-state index in [0.717, 1.165) is 15.2 Å². The lowest BCUT2D eigenvalue weighted by Gasteiger charge is -2.30. The zero-order valence-corrected chi connectivity index (χ0v) is 12.9. The van der Waals surface area contributed by atoms with Gasteiger partial charge in [-0.25, -0.2) is 9.78 Å². The number of primary amides is 1. The summed E-state index contributed by atoms with van der Waals surface area (Å²) in [7, 11) is 0. The van der Waals surface area contributed by atoms with Crippen LogP contribution in [0.2, 0.25) is 0 Å². The van der Waals surface area contributed by atoms with Crippen LogP contribution in [0.4, 0.5) is 4.79 Å². The van der Waals surface area contributed by atoms with Gasteiger partial charge in [-0.05, 0) is 25.0 Å². The summed E-state index contributed by atoms with van der Waals surface area (Å²) < 4.78 is 1.12. The third kappa shape index (κ3) is 3.19. The Hall–Kier alpha value is -2.15. The summed E-state index contributed by atoms with van der Waals surface area (Å²) in [6.07, 6.45) is 1.29. The third-order valence-electron chi connectivity index (χ3n) is 3.91. The Bertz CT molecular complexity index is 659. The van der Waals surface area contributed by atoms with Crippen LogP contribution >= 0.6 is 11.3 Å². The molecule has 0 spiro atoms. The van der Waals surface area contributed by atoms with Crippen molar-refractivity contribution in [2.75, 3.05) is 13.1 Å². The fourth-order valence-corrected chi connectivity index (χ4v) is 3.53. The quantitative estimate of drug-likeness (QED) is 0.903. The average Bonchev–Trinajstić information content (AvgIpc) is 2.95. The second kappa shape index (κ2) is 6.31. The molecule has 6 nitrogen and oxygen atoms in total. The van der Waals surface area contributed by atoms with E-state index in [1.807, 2.05) is 24.3 Å². The number of carbonyl (C=O) groups is 2. The smallest absolute Gasteiger partial charge is 0.317 e. The van der Waals surface area contributed by atoms with E-state index in [4.69, 9.17) is 5.73 Å². The van der Waals surface area contributed by atoms with Crippen LogP contribution in [0.3, 0.4) is 0 Å². The van der Waals surface area contributed by atoms with Crippen molar-refractivity contribution in [1.82, 2.24) is 15.2 Å². The highest BCUT2D eigenvalue weighted by atomic mass is 32.1. The summed E-state index contributed by atoms with van der Waals surface area (Å²) in [6.45, 7) is 1.56. The highest BCUT2D eigenvalue weighted by molar-refractivity contribution is 7.18. The van der Waals surface area contributed by atoms with Crippen molar-refractivity contribution in [2.24, 2.45) is 11.7 Å². The third-order valence-corrected chi connectivity index (χ3v) is 4.95. The minimum Gasteiger partial charge on any atom is -0.369 e. The van der Waals surface area contributed by atoms with Crippen LogP contribution in [0.1, 0.15) is 17.8 Å². The van der Waals surface area contributed by atoms with E-state index in [9.17, 15) is 9.59 Å². The number of rotatable bonds is 3. The standard InChI is InChI=1S/C15H18N4O2S/c16-14(20)10-5-7-19(8-6-10)15(21)17-9-13-18-11-3-1-2-4-12(11)22-13/h1-4,10H,5-9H2,(H2,16,20)(H,17,21). The molecule has 2 aromatic rings. The number of nitrogens with one attached hydrogen (secondary N) is 1. The van der Waals surface area contributed by atoms with E-state index in [1.165, 1.54) is 0 Å². The number of urea groups is 1. The number of likely N-dealkylation sites (tertiary alicyclic amines) is 1. The summed E-state index contributed by atoms with van der Waals surface area (Å²) in [5.41, 5.74) is 6.25. The molecule has 0 aliphatic carbocycles. The second-order valence-corrected chi connectivity index (χ2v) is 6.51. The Kier molecular flexibility index (Phi) is 4.24. The number of amides is 3. The van der Waals surface area contributed by atoms with Crippen LogP contribution in [0.5, 0.6) is 0 Å². The Morgan fingerprint density at radius 1 is 1.32 bits per heavy atom. The molecule has 116 valence electrons. The van der Waals surface area contributed by atoms with Crippen LogP contribution in [0, 0.1) is 5.92 Å². The summed E-state index contributed by atoms with van der Waals surface area (Å²) >= 11 is 1.58. The molecule has 7 heteroatoms. The average molecular weight is 318 g/mol. The van der Waals surface area contributed by atoms with Crippen LogP contribution in [-0.2, 0) is 11.3 Å². The van der Waals surface area contributed by atoms with E-state index in [0.29, 0.717) is 32.5 Å². The number of piperidine rings is 1. The van der Waals surface area contributed by atoms with Crippen molar-refractivity contribution in [1.29, 1.82) is 0 Å². The number of fused-ring (bicyclic) bond motifs is 1. The summed E-state index contributed by atoms with van der Waals surface area (Å²) in [4.78, 5) is 29.5. The van der Waals surface area contributed by atoms with Crippen LogP contribution in [-0.4, -0.2) is 34.9 Å². The first-order valence-electron chi connectivity index (χ1n) is 7.30. The Balaban J connectivity index is 1.53. The summed E-state index contributed by atoms with van der Waals surface area (Å²) in [5.74, 6) is -0.372. The highest BCUT2D eigenvalue weighted by Crippen LogP contribution is 2.21. The van der Waals surface area contributed by atoms with Crippen LogP contribution in [0.15, 0.2) is 24.3 Å². The number of carbonyl (C=O) groups excluding carboxylic acids is 2. The molecule has 2 heterocycles. The molecule has 1 aliphatic rings. The molecule has 0 unspecified atom stereocenters. The minimum atomic E-state index is -0.269. The number of nitrogens with zero attached hydrogens (tertiary/aromatic N) is 2. The molecule has 1 fully saturated rings. The largest absolute Gasteiger partial charge is 0.369 e. The maximum absolute atomic E-state index is 12.1. The lowest BCUT2D eigenvalue weighted by molar-refractivity contribution is -0.123. The van der Waals surface area contributed by atoms with Gasteiger partial charge in [-0.3, -0.25) is 4.79 Å². The lowest BCUT2D eigenvalue weighted by atomic mass is 9.96. The van der Waals surface area contributed by atoms with Gasteiger partial charge < -0.3 is 16.0 Å². The summed E-state index contributed by atoms with van der Waals surface area (Å²) in [5, 5.41) is 3.78. The van der Waals surface area contributed by atoms with Crippen molar-refractivity contribution in [3.8, 4) is 0 Å². The molecule has 3 amide bonds. The number of nitrogens with two attached hydrogens (primary N) is 1. The molecule has 3 rings (SSSR count). The highest BCUT2D eigenvalue weighted by Gasteiger charge is 2.25. The van der Waals surface area contributed by atoms with Gasteiger partial charge in [-0.2, -0.15) is 0 Å². The van der Waals surface area contributed by atoms with E-state index < -0.39 is 0 Å². The van der Waals surface area contributed by atoms with Gasteiger partial charge in [0.1, 0.15) is 5.01 Å². The number of aromatic nitrogens is 1. The first kappa shape index (κ1) is 14.8. The van der Waals surface area contributed by atoms with Crippen molar-refractivity contribution in [3.63, 3.8) is 0 Å². The molecule has 22 heavy (non-hydrogen) atoms. The first-order valence-corrected chi connectivity index (χ1v) is 8.11. The zero-order valence-electron chi connectivity index (χ0n) is 12.1. The van der Waals surface area contributed by atoms with Gasteiger partial charge in [-0.15, -0.1) is 11.3 Å². The van der Waals surface area contributed by atoms with E-state index in [2.05, 4.69) is 10.3 Å². The Morgan fingerprint density at radius 3 is 2.73 bits per heavy atom. The van der Waals surface area contributed by atoms with Gasteiger partial charge >= 0.3 is 6.03 Å². The molecule has 0 bridgehead atoms. The first-order chi connectivity index (χ1) is 10.6. The summed E-state index contributed by atoms with van der Waals surface area (Å²) in [6, 6.07) is 7.81. The van der Waals surface area contributed by atoms with Crippen LogP contribution < -0.4 is 11.1 Å². The lowest BCUT2D eigenvalue weighted by Crippen LogP contribution is -2.46. The molecule has 0 radical (unpaired) electrons. The maximum Gasteiger partial charge on any atom is 0.317 e. The molecule has 1 saturated heterocycles. The molecule has 0 atom stereocenters. The predicted molar refractivity (Wildman–Crippen MR) is 85.3 cm³/mol. The molecule has 3 N–H and O–H groups in total. The molecule has 1 aliphatic heterocycles. The SMILES string of the molecule is NC(=O)C1CCN(C(=O)NCc2nc3ccccc3s2)CC1. The number of thiazole rings is 1. The van der Waals surface area contributed by atoms with Gasteiger partial charge in [0.25, 0.3) is 0 Å². The van der Waals surface area contributed by atoms with Gasteiger partial charge in [0.2, 0.25) is 5.91 Å². The Labute approximate surface area is 132 Å². The fourth-order valence-electron chi connectivity index (χ4n) is 2.63. The van der Waals surface area contributed by atoms with E-state index in [-0.39, 0.29) is 17.9 Å². The number of hydrogen-bond donors (Lipinski definition) is 2. The molecule has 1 aromatic heterocycles. The fraction of sp³-hybridized carbons (Fsp3) is 0.400. The maximum atomic E-state index is 12.1. The predicted octanol–water partition coefficient (Wildman–Crippen LogP) is 1.70. The molecular weight excluding hydrogens is 300 g/mol. The van der Waals surface area contributed by atoms with Crippen molar-refractivity contribution in [2.45, 2.75) is 19.4 Å². The normalized spacial score (nSPS) is 15.9. The zero-order chi connectivity index (χ0) is 15.5. The van der Waals surface area contributed by atoms with Gasteiger partial charge in [0.15, 0.2) is 0 Å². The number of para-hydroxylation sites is 1. The minimum absolute atomic E-state index is 0.103. The van der Waals surface area contributed by atoms with Crippen molar-refractivity contribution in [3.05, 3.63) is 29.3 Å². The van der Waals surface area contributed by atoms with Crippen molar-refractivity contribution >= 4 is 33.5 Å². The van der Waals surface area contributed by atoms with Gasteiger partial charge in [0, 0.05) is 19.0 Å². The topological polar surface area (TPSA) is 88.3 Å².